The van der Waals surface area contributed by atoms with Crippen molar-refractivity contribution in [1.82, 2.24) is 9.97 Å². The molecule has 0 saturated heterocycles. The molecular formula is C16H15FN2. The van der Waals surface area contributed by atoms with Gasteiger partial charge in [0.05, 0.1) is 0 Å². The molecule has 2 aromatic rings. The molecule has 19 heavy (non-hydrogen) atoms. The summed E-state index contributed by atoms with van der Waals surface area (Å²) in [6.45, 7) is 0. The first kappa shape index (κ1) is 12.0. The van der Waals surface area contributed by atoms with E-state index >= 15 is 0 Å². The molecule has 0 spiro atoms. The van der Waals surface area contributed by atoms with E-state index < -0.39 is 0 Å². The SMILES string of the molecule is Fc1cc(-c2ncccn2)ccc1C1=CCCCC1. The average Bonchev–Trinajstić information content (AvgIpc) is 2.49. The Morgan fingerprint density at radius 2 is 1.89 bits per heavy atom. The van der Waals surface area contributed by atoms with Crippen molar-refractivity contribution >= 4 is 5.57 Å². The van der Waals surface area contributed by atoms with Crippen LogP contribution >= 0.6 is 0 Å². The molecule has 0 saturated carbocycles. The van der Waals surface area contributed by atoms with Gasteiger partial charge < -0.3 is 0 Å². The molecule has 3 rings (SSSR count). The number of hydrogen-bond acceptors (Lipinski definition) is 2. The lowest BCUT2D eigenvalue weighted by Gasteiger charge is -2.14. The lowest BCUT2D eigenvalue weighted by Crippen LogP contribution is -1.96. The van der Waals surface area contributed by atoms with Crippen LogP contribution in [0.4, 0.5) is 4.39 Å². The fourth-order valence-corrected chi connectivity index (χ4v) is 2.45. The lowest BCUT2D eigenvalue weighted by atomic mass is 9.93. The highest BCUT2D eigenvalue weighted by Crippen LogP contribution is 2.30. The minimum Gasteiger partial charge on any atom is -0.237 e. The lowest BCUT2D eigenvalue weighted by molar-refractivity contribution is 0.621. The molecule has 0 amide bonds. The molecule has 1 aliphatic rings. The van der Waals surface area contributed by atoms with Crippen molar-refractivity contribution in [3.05, 3.63) is 54.1 Å². The normalized spacial score (nSPS) is 15.1. The fourth-order valence-electron chi connectivity index (χ4n) is 2.45. The standard InChI is InChI=1S/C16H15FN2/c17-15-11-13(16-18-9-4-10-19-16)7-8-14(15)12-5-2-1-3-6-12/h4-5,7-11H,1-3,6H2. The van der Waals surface area contributed by atoms with Crippen LogP contribution in [0.1, 0.15) is 31.2 Å². The van der Waals surface area contributed by atoms with E-state index in [0.717, 1.165) is 36.0 Å². The summed E-state index contributed by atoms with van der Waals surface area (Å²) < 4.78 is 14.2. The van der Waals surface area contributed by atoms with Crippen molar-refractivity contribution in [2.45, 2.75) is 25.7 Å². The van der Waals surface area contributed by atoms with Crippen molar-refractivity contribution in [3.63, 3.8) is 0 Å². The first-order chi connectivity index (χ1) is 9.34. The highest BCUT2D eigenvalue weighted by molar-refractivity contribution is 5.69. The third-order valence-corrected chi connectivity index (χ3v) is 3.43. The number of allylic oxidation sites excluding steroid dienone is 2. The number of benzene rings is 1. The largest absolute Gasteiger partial charge is 0.237 e. The summed E-state index contributed by atoms with van der Waals surface area (Å²) in [5, 5.41) is 0. The number of hydrogen-bond donors (Lipinski definition) is 0. The molecule has 0 unspecified atom stereocenters. The van der Waals surface area contributed by atoms with Crippen LogP contribution in [0.2, 0.25) is 0 Å². The van der Waals surface area contributed by atoms with Crippen molar-refractivity contribution < 1.29 is 4.39 Å². The average molecular weight is 254 g/mol. The Bertz CT molecular complexity index is 605. The number of nitrogens with zero attached hydrogens (tertiary/aromatic N) is 2. The summed E-state index contributed by atoms with van der Waals surface area (Å²) in [5.74, 6) is 0.378. The Hall–Kier alpha value is -2.03. The monoisotopic (exact) mass is 254 g/mol. The number of aromatic nitrogens is 2. The third-order valence-electron chi connectivity index (χ3n) is 3.43. The summed E-state index contributed by atoms with van der Waals surface area (Å²) in [7, 11) is 0. The molecule has 0 aliphatic heterocycles. The molecule has 0 bridgehead atoms. The Morgan fingerprint density at radius 1 is 1.05 bits per heavy atom. The van der Waals surface area contributed by atoms with Crippen LogP contribution in [0.15, 0.2) is 42.7 Å². The van der Waals surface area contributed by atoms with Gasteiger partial charge in [-0.1, -0.05) is 18.2 Å². The molecule has 3 heteroatoms. The van der Waals surface area contributed by atoms with Crippen LogP contribution in [0.25, 0.3) is 17.0 Å². The molecule has 2 nitrogen and oxygen atoms in total. The molecular weight excluding hydrogens is 239 g/mol. The molecule has 1 aliphatic carbocycles. The van der Waals surface area contributed by atoms with E-state index in [2.05, 4.69) is 16.0 Å². The second-order valence-electron chi connectivity index (χ2n) is 4.74. The zero-order chi connectivity index (χ0) is 13.1. The topological polar surface area (TPSA) is 25.8 Å². The van der Waals surface area contributed by atoms with Crippen LogP contribution in [-0.4, -0.2) is 9.97 Å². The predicted molar refractivity (Wildman–Crippen MR) is 73.9 cm³/mol. The Kier molecular flexibility index (Phi) is 3.36. The van der Waals surface area contributed by atoms with Gasteiger partial charge >= 0.3 is 0 Å². The van der Waals surface area contributed by atoms with Crippen molar-refractivity contribution in [3.8, 4) is 11.4 Å². The zero-order valence-electron chi connectivity index (χ0n) is 10.6. The van der Waals surface area contributed by atoms with Gasteiger partial charge in [0.15, 0.2) is 5.82 Å². The first-order valence-electron chi connectivity index (χ1n) is 6.61. The molecule has 1 heterocycles. The first-order valence-corrected chi connectivity index (χ1v) is 6.61. The second-order valence-corrected chi connectivity index (χ2v) is 4.74. The maximum absolute atomic E-state index is 14.2. The van der Waals surface area contributed by atoms with Crippen molar-refractivity contribution in [1.29, 1.82) is 0 Å². The van der Waals surface area contributed by atoms with E-state index in [-0.39, 0.29) is 5.82 Å². The second kappa shape index (κ2) is 5.31. The van der Waals surface area contributed by atoms with Crippen LogP contribution in [0.5, 0.6) is 0 Å². The van der Waals surface area contributed by atoms with E-state index in [1.807, 2.05) is 12.1 Å². The Morgan fingerprint density at radius 3 is 2.58 bits per heavy atom. The maximum Gasteiger partial charge on any atom is 0.159 e. The third kappa shape index (κ3) is 2.55. The highest BCUT2D eigenvalue weighted by Gasteiger charge is 2.12. The van der Waals surface area contributed by atoms with E-state index in [1.54, 1.807) is 18.5 Å². The molecule has 0 fully saturated rings. The van der Waals surface area contributed by atoms with Gasteiger partial charge in [-0.05, 0) is 43.4 Å². The van der Waals surface area contributed by atoms with E-state index in [0.29, 0.717) is 5.82 Å². The molecule has 0 atom stereocenters. The van der Waals surface area contributed by atoms with Crippen LogP contribution < -0.4 is 0 Å². The predicted octanol–water partition coefficient (Wildman–Crippen LogP) is 4.24. The van der Waals surface area contributed by atoms with Gasteiger partial charge in [-0.2, -0.15) is 0 Å². The summed E-state index contributed by atoms with van der Waals surface area (Å²) in [4.78, 5) is 8.28. The molecule has 0 radical (unpaired) electrons. The Labute approximate surface area is 112 Å². The number of rotatable bonds is 2. The fraction of sp³-hybridized carbons (Fsp3) is 0.250. The molecule has 1 aromatic heterocycles. The highest BCUT2D eigenvalue weighted by atomic mass is 19.1. The summed E-state index contributed by atoms with van der Waals surface area (Å²) in [6.07, 6.45) is 9.86. The van der Waals surface area contributed by atoms with Crippen LogP contribution in [0, 0.1) is 5.82 Å². The van der Waals surface area contributed by atoms with Crippen LogP contribution in [0.3, 0.4) is 0 Å². The molecule has 0 N–H and O–H groups in total. The van der Waals surface area contributed by atoms with Gasteiger partial charge in [-0.3, -0.25) is 0 Å². The summed E-state index contributed by atoms with van der Waals surface area (Å²) >= 11 is 0. The van der Waals surface area contributed by atoms with Crippen LogP contribution in [-0.2, 0) is 0 Å². The van der Waals surface area contributed by atoms with Gasteiger partial charge in [-0.25, -0.2) is 14.4 Å². The van der Waals surface area contributed by atoms with Gasteiger partial charge in [0.1, 0.15) is 5.82 Å². The van der Waals surface area contributed by atoms with E-state index in [1.165, 1.54) is 12.5 Å². The molecule has 1 aromatic carbocycles. The smallest absolute Gasteiger partial charge is 0.159 e. The minimum absolute atomic E-state index is 0.182. The van der Waals surface area contributed by atoms with E-state index in [4.69, 9.17) is 0 Å². The quantitative estimate of drug-likeness (QED) is 0.801. The zero-order valence-corrected chi connectivity index (χ0v) is 10.6. The van der Waals surface area contributed by atoms with Gasteiger partial charge in [0, 0.05) is 23.5 Å². The van der Waals surface area contributed by atoms with E-state index in [9.17, 15) is 4.39 Å². The van der Waals surface area contributed by atoms with Gasteiger partial charge in [0.25, 0.3) is 0 Å². The van der Waals surface area contributed by atoms with Crippen molar-refractivity contribution in [2.75, 3.05) is 0 Å². The van der Waals surface area contributed by atoms with Gasteiger partial charge in [0.2, 0.25) is 0 Å². The minimum atomic E-state index is -0.182. The number of halogens is 1. The molecule has 96 valence electrons. The van der Waals surface area contributed by atoms with Crippen molar-refractivity contribution in [2.24, 2.45) is 0 Å². The Balaban J connectivity index is 1.96. The maximum atomic E-state index is 14.2. The van der Waals surface area contributed by atoms with Gasteiger partial charge in [-0.15, -0.1) is 0 Å². The summed E-state index contributed by atoms with van der Waals surface area (Å²) in [6, 6.07) is 7.02. The summed E-state index contributed by atoms with van der Waals surface area (Å²) in [5.41, 5.74) is 2.57.